The molecule has 1 aromatic carbocycles. The molecule has 0 aromatic heterocycles. The van der Waals surface area contributed by atoms with Crippen LogP contribution in [0.25, 0.3) is 22.6 Å². The predicted molar refractivity (Wildman–Crippen MR) is 117 cm³/mol. The molecule has 2 heterocycles. The Morgan fingerprint density at radius 1 is 1.15 bits per heavy atom. The van der Waals surface area contributed by atoms with E-state index >= 15 is 0 Å². The number of aromatic nitrogens is 4. The highest BCUT2D eigenvalue weighted by molar-refractivity contribution is 7.51. The summed E-state index contributed by atoms with van der Waals surface area (Å²) in [6.45, 7) is 2.07. The Morgan fingerprint density at radius 2 is 1.82 bits per heavy atom. The Bertz CT molecular complexity index is 1400. The normalized spacial score (nSPS) is 16.0. The average molecular weight is 495 g/mol. The van der Waals surface area contributed by atoms with Gasteiger partial charge in [0.1, 0.15) is 18.2 Å². The van der Waals surface area contributed by atoms with Crippen LogP contribution in [0.1, 0.15) is 11.1 Å². The Morgan fingerprint density at radius 3 is 2.44 bits per heavy atom. The van der Waals surface area contributed by atoms with Gasteiger partial charge in [-0.05, 0) is 37.1 Å². The second-order valence-corrected chi connectivity index (χ2v) is 8.80. The summed E-state index contributed by atoms with van der Waals surface area (Å²) >= 11 is 0. The molecule has 0 bridgehead atoms. The van der Waals surface area contributed by atoms with Gasteiger partial charge in [-0.3, -0.25) is 14.3 Å². The number of hydrogen-bond donors (Lipinski definition) is 3. The minimum Gasteiger partial charge on any atom is -0.389 e. The van der Waals surface area contributed by atoms with Gasteiger partial charge in [0.25, 0.3) is 5.56 Å². The Hall–Kier alpha value is -3.59. The molecule has 4 unspecified atom stereocenters. The van der Waals surface area contributed by atoms with E-state index in [0.29, 0.717) is 11.0 Å². The van der Waals surface area contributed by atoms with Crippen LogP contribution in [0.2, 0.25) is 0 Å². The molecule has 0 radical (unpaired) electrons. The van der Waals surface area contributed by atoms with E-state index in [1.54, 1.807) is 19.1 Å². The van der Waals surface area contributed by atoms with Gasteiger partial charge in [0.15, 0.2) is 11.5 Å². The van der Waals surface area contributed by atoms with Crippen molar-refractivity contribution in [3.05, 3.63) is 58.8 Å². The van der Waals surface area contributed by atoms with Crippen LogP contribution in [0.5, 0.6) is 0 Å². The lowest BCUT2D eigenvalue weighted by Crippen LogP contribution is -2.40. The van der Waals surface area contributed by atoms with E-state index in [0.717, 1.165) is 11.1 Å². The Balaban J connectivity index is 2.10. The average Bonchev–Trinajstić information content (AvgIpc) is 2.78. The van der Waals surface area contributed by atoms with Gasteiger partial charge in [0.2, 0.25) is 0 Å². The highest BCUT2D eigenvalue weighted by Crippen LogP contribution is 2.43. The van der Waals surface area contributed by atoms with Crippen molar-refractivity contribution in [1.82, 2.24) is 19.5 Å². The molecule has 0 fully saturated rings. The second kappa shape index (κ2) is 9.72. The summed E-state index contributed by atoms with van der Waals surface area (Å²) in [7, 11) is -4.93. The van der Waals surface area contributed by atoms with Gasteiger partial charge < -0.3 is 14.6 Å². The van der Waals surface area contributed by atoms with Crippen molar-refractivity contribution in [2.24, 2.45) is 15.3 Å². The fourth-order valence-electron chi connectivity index (χ4n) is 3.32. The molecule has 16 nitrogen and oxygen atoms in total. The molecule has 3 rings (SSSR count). The van der Waals surface area contributed by atoms with E-state index in [9.17, 15) is 34.0 Å². The number of aliphatic hydroxyl groups excluding tert-OH is 1. The third-order valence-electron chi connectivity index (χ3n) is 5.16. The van der Waals surface area contributed by atoms with Crippen molar-refractivity contribution in [3.8, 4) is 11.5 Å². The lowest BCUT2D eigenvalue weighted by Gasteiger charge is -2.24. The lowest BCUT2D eigenvalue weighted by molar-refractivity contribution is 0.103. The summed E-state index contributed by atoms with van der Waals surface area (Å²) in [4.78, 5) is 78.1. The largest absolute Gasteiger partial charge is 0.487 e. The van der Waals surface area contributed by atoms with Crippen LogP contribution < -0.4 is 11.2 Å². The van der Waals surface area contributed by atoms with Gasteiger partial charge in [-0.25, -0.2) is 14.3 Å². The number of H-pyrrole nitrogens is 1. The minimum absolute atomic E-state index is 0.204. The number of hydrogen-bond acceptors (Lipinski definition) is 12. The van der Waals surface area contributed by atoms with Crippen LogP contribution in [0, 0.1) is 28.6 Å². The number of fused-ring (bicyclic) bond motifs is 2. The Labute approximate surface area is 188 Å². The molecule has 0 amide bonds. The smallest absolute Gasteiger partial charge is 0.389 e. The lowest BCUT2D eigenvalue weighted by atomic mass is 10.0. The standard InChI is InChI=1S/C17H18N7O9P/c1-7-3-9-11(4-8(7)2)24(15-14(18-9)16(26)20-17(27)19-15)5-12(25)13(22-29)10(21-28)6-33-34(31,32)23-30/h3-4,10,12-13,25H,5-6H2,1-2H3,(H,31,32)(H,20,26,27). The highest BCUT2D eigenvalue weighted by Gasteiger charge is 2.35. The van der Waals surface area contributed by atoms with Crippen molar-refractivity contribution < 1.29 is 19.1 Å². The number of aliphatic hydroxyl groups is 1. The van der Waals surface area contributed by atoms with E-state index < -0.39 is 50.3 Å². The summed E-state index contributed by atoms with van der Waals surface area (Å²) in [5.41, 5.74) is 0.272. The van der Waals surface area contributed by atoms with Crippen LogP contribution in [0.15, 0.2) is 37.0 Å². The summed E-state index contributed by atoms with van der Waals surface area (Å²) in [5, 5.41) is 16.0. The first-order valence-electron chi connectivity index (χ1n) is 9.58. The summed E-state index contributed by atoms with van der Waals surface area (Å²) in [5.74, 6) is -0.204. The molecule has 17 heteroatoms. The topological polar surface area (TPSA) is 236 Å². The maximum Gasteiger partial charge on any atom is 0.487 e. The fourth-order valence-corrected chi connectivity index (χ4v) is 3.71. The van der Waals surface area contributed by atoms with Gasteiger partial charge in [0, 0.05) is 4.95 Å². The van der Waals surface area contributed by atoms with Gasteiger partial charge in [-0.2, -0.15) is 14.8 Å². The van der Waals surface area contributed by atoms with Crippen molar-refractivity contribution in [1.29, 1.82) is 0 Å². The summed E-state index contributed by atoms with van der Waals surface area (Å²) in [6, 6.07) is -0.251. The quantitative estimate of drug-likeness (QED) is 0.201. The number of rotatable bonds is 10. The van der Waals surface area contributed by atoms with Crippen LogP contribution in [-0.2, 0) is 15.6 Å². The number of aryl methyl sites for hydroxylation is 2. The molecule has 0 saturated carbocycles. The monoisotopic (exact) mass is 495 g/mol. The number of benzene rings is 1. The number of nitrogens with zero attached hydrogens (tertiary/aromatic N) is 6. The SMILES string of the molecule is Cc1cc2nc3c(=O)[nH]c(=O)nc-3n(CC(O)C(N=O)C(COP(=O)(O)N=O)N=O)c2cc1C. The van der Waals surface area contributed by atoms with Crippen molar-refractivity contribution >= 4 is 18.8 Å². The molecular weight excluding hydrogens is 477 g/mol. The summed E-state index contributed by atoms with van der Waals surface area (Å²) in [6.07, 6.45) is -1.78. The van der Waals surface area contributed by atoms with Crippen molar-refractivity contribution in [2.75, 3.05) is 6.61 Å². The zero-order chi connectivity index (χ0) is 25.2. The fraction of sp³-hybridized carbons (Fsp3) is 0.412. The molecule has 2 aliphatic heterocycles. The number of nitroso groups, excluding NO2 is 3. The molecule has 3 N–H and O–H groups in total. The molecule has 0 aliphatic carbocycles. The van der Waals surface area contributed by atoms with Crippen LogP contribution in [0.4, 0.5) is 0 Å². The van der Waals surface area contributed by atoms with Gasteiger partial charge in [-0.1, -0.05) is 10.4 Å². The second-order valence-electron chi connectivity index (χ2n) is 7.39. The molecule has 2 aliphatic rings. The van der Waals surface area contributed by atoms with Gasteiger partial charge in [-0.15, -0.1) is 4.91 Å². The van der Waals surface area contributed by atoms with Crippen LogP contribution >= 0.6 is 7.75 Å². The maximum atomic E-state index is 12.3. The third-order valence-corrected chi connectivity index (χ3v) is 5.85. The molecule has 0 saturated heterocycles. The van der Waals surface area contributed by atoms with E-state index in [4.69, 9.17) is 4.89 Å². The van der Waals surface area contributed by atoms with Crippen molar-refractivity contribution in [2.45, 2.75) is 38.6 Å². The molecule has 0 spiro atoms. The first-order chi connectivity index (χ1) is 16.0. The summed E-state index contributed by atoms with van der Waals surface area (Å²) < 4.78 is 16.8. The van der Waals surface area contributed by atoms with E-state index in [2.05, 4.69) is 24.8 Å². The predicted octanol–water partition coefficient (Wildman–Crippen LogP) is 0.716. The molecular formula is C17H18N7O9P. The minimum atomic E-state index is -4.93. The zero-order valence-corrected chi connectivity index (χ0v) is 18.6. The molecule has 180 valence electrons. The highest BCUT2D eigenvalue weighted by atomic mass is 31.2. The third kappa shape index (κ3) is 4.99. The van der Waals surface area contributed by atoms with Crippen LogP contribution in [-0.4, -0.2) is 54.3 Å². The molecule has 4 atom stereocenters. The van der Waals surface area contributed by atoms with Crippen LogP contribution in [0.3, 0.4) is 0 Å². The maximum absolute atomic E-state index is 12.3. The molecule has 1 aromatic rings. The van der Waals surface area contributed by atoms with Gasteiger partial charge in [0.05, 0.1) is 24.2 Å². The van der Waals surface area contributed by atoms with Crippen molar-refractivity contribution in [3.63, 3.8) is 0 Å². The first-order valence-corrected chi connectivity index (χ1v) is 11.1. The van der Waals surface area contributed by atoms with E-state index in [1.807, 2.05) is 16.9 Å². The van der Waals surface area contributed by atoms with E-state index in [1.165, 1.54) is 4.57 Å². The molecule has 34 heavy (non-hydrogen) atoms. The Kier molecular flexibility index (Phi) is 7.16. The zero-order valence-electron chi connectivity index (χ0n) is 17.7. The number of aromatic amines is 1. The van der Waals surface area contributed by atoms with E-state index in [-0.39, 0.29) is 11.5 Å². The van der Waals surface area contributed by atoms with Gasteiger partial charge >= 0.3 is 13.4 Å². The first kappa shape index (κ1) is 25.0. The number of nitrogens with one attached hydrogen (secondary N) is 1.